The number of aromatic nitrogens is 1. The highest BCUT2D eigenvalue weighted by Crippen LogP contribution is 2.18. The Kier molecular flexibility index (Phi) is 5.96. The van der Waals surface area contributed by atoms with Gasteiger partial charge in [0.1, 0.15) is 18.3 Å². The molecule has 130 valence electrons. The number of nitrogens with one attached hydrogen (secondary N) is 1. The normalized spacial score (nSPS) is 10.6. The molecule has 0 saturated heterocycles. The van der Waals surface area contributed by atoms with Gasteiger partial charge in [0, 0.05) is 0 Å². The average molecular weight is 339 g/mol. The van der Waals surface area contributed by atoms with Crippen LogP contribution in [0.1, 0.15) is 37.7 Å². The lowest BCUT2D eigenvalue weighted by atomic mass is 10.2. The molecule has 0 unspecified atom stereocenters. The number of nitrogens with zero attached hydrogens (tertiary/aromatic N) is 2. The maximum absolute atomic E-state index is 11.7. The summed E-state index contributed by atoms with van der Waals surface area (Å²) in [4.78, 5) is 15.9. The topological polar surface area (TPSA) is 84.2 Å². The number of amides is 1. The third-order valence-electron chi connectivity index (χ3n) is 3.07. The molecule has 2 rings (SSSR count). The number of hydrogen-bond donors (Lipinski definition) is 1. The van der Waals surface area contributed by atoms with Gasteiger partial charge in [0.2, 0.25) is 0 Å². The zero-order valence-corrected chi connectivity index (χ0v) is 14.6. The number of alkyl carbamates (subject to hydrolysis) is 1. The molecular formula is C19H21N3O3. The molecule has 1 heterocycles. The predicted molar refractivity (Wildman–Crippen MR) is 92.8 cm³/mol. The first-order chi connectivity index (χ1) is 11.9. The Labute approximate surface area is 147 Å². The van der Waals surface area contributed by atoms with Crippen molar-refractivity contribution in [2.45, 2.75) is 39.5 Å². The van der Waals surface area contributed by atoms with E-state index in [1.54, 1.807) is 32.9 Å². The number of nitriles is 1. The molecule has 1 aromatic heterocycles. The highest BCUT2D eigenvalue weighted by Gasteiger charge is 2.16. The minimum absolute atomic E-state index is 0.169. The summed E-state index contributed by atoms with van der Waals surface area (Å²) in [7, 11) is 0. The minimum atomic E-state index is -0.565. The van der Waals surface area contributed by atoms with Gasteiger partial charge >= 0.3 is 6.09 Å². The summed E-state index contributed by atoms with van der Waals surface area (Å²) in [6.45, 7) is 5.89. The van der Waals surface area contributed by atoms with Crippen LogP contribution in [0.5, 0.6) is 5.75 Å². The molecule has 6 heteroatoms. The van der Waals surface area contributed by atoms with Crippen molar-refractivity contribution < 1.29 is 14.3 Å². The zero-order valence-electron chi connectivity index (χ0n) is 14.6. The summed E-state index contributed by atoms with van der Waals surface area (Å²) in [6.07, 6.45) is -0.530. The SMILES string of the molecule is CC(C)(C)OC(=O)NCc1ccc(OCc2ccccc2)c(C#N)n1. The Hall–Kier alpha value is -3.07. The van der Waals surface area contributed by atoms with Crippen molar-refractivity contribution in [1.29, 1.82) is 5.26 Å². The number of hydrogen-bond acceptors (Lipinski definition) is 5. The summed E-state index contributed by atoms with van der Waals surface area (Å²) in [5.41, 5.74) is 1.17. The van der Waals surface area contributed by atoms with Crippen LogP contribution in [0.3, 0.4) is 0 Å². The van der Waals surface area contributed by atoms with Gasteiger partial charge < -0.3 is 14.8 Å². The third-order valence-corrected chi connectivity index (χ3v) is 3.07. The molecule has 0 radical (unpaired) electrons. The molecule has 6 nitrogen and oxygen atoms in total. The highest BCUT2D eigenvalue weighted by atomic mass is 16.6. The molecule has 0 fully saturated rings. The van der Waals surface area contributed by atoms with E-state index in [0.717, 1.165) is 5.56 Å². The van der Waals surface area contributed by atoms with Crippen molar-refractivity contribution in [2.24, 2.45) is 0 Å². The highest BCUT2D eigenvalue weighted by molar-refractivity contribution is 5.67. The summed E-state index contributed by atoms with van der Waals surface area (Å²) >= 11 is 0. The summed E-state index contributed by atoms with van der Waals surface area (Å²) in [5.74, 6) is 0.410. The second kappa shape index (κ2) is 8.15. The largest absolute Gasteiger partial charge is 0.486 e. The van der Waals surface area contributed by atoms with Crippen LogP contribution in [0.4, 0.5) is 4.79 Å². The molecule has 1 amide bonds. The van der Waals surface area contributed by atoms with Crippen LogP contribution < -0.4 is 10.1 Å². The smallest absolute Gasteiger partial charge is 0.407 e. The standard InChI is InChI=1S/C19H21N3O3/c1-19(2,3)25-18(23)21-12-15-9-10-17(16(11-20)22-15)24-13-14-7-5-4-6-8-14/h4-10H,12-13H2,1-3H3,(H,21,23). The van der Waals surface area contributed by atoms with E-state index in [1.165, 1.54) is 0 Å². The monoisotopic (exact) mass is 339 g/mol. The van der Waals surface area contributed by atoms with Gasteiger partial charge in [-0.1, -0.05) is 30.3 Å². The number of carbonyl (C=O) groups excluding carboxylic acids is 1. The first kappa shape index (κ1) is 18.3. The van der Waals surface area contributed by atoms with Crippen LogP contribution in [-0.4, -0.2) is 16.7 Å². The van der Waals surface area contributed by atoms with Gasteiger partial charge in [-0.25, -0.2) is 9.78 Å². The number of rotatable bonds is 5. The Morgan fingerprint density at radius 3 is 2.56 bits per heavy atom. The Morgan fingerprint density at radius 2 is 1.92 bits per heavy atom. The van der Waals surface area contributed by atoms with E-state index < -0.39 is 11.7 Å². The van der Waals surface area contributed by atoms with Crippen LogP contribution in [0.25, 0.3) is 0 Å². The number of pyridine rings is 1. The van der Waals surface area contributed by atoms with E-state index >= 15 is 0 Å². The molecule has 0 aliphatic rings. The predicted octanol–water partition coefficient (Wildman–Crippen LogP) is 3.56. The fourth-order valence-electron chi connectivity index (χ4n) is 1.99. The average Bonchev–Trinajstić information content (AvgIpc) is 2.58. The fraction of sp³-hybridized carbons (Fsp3) is 0.316. The lowest BCUT2D eigenvalue weighted by molar-refractivity contribution is 0.0523. The molecule has 0 atom stereocenters. The molecule has 0 aliphatic heterocycles. The molecular weight excluding hydrogens is 318 g/mol. The van der Waals surface area contributed by atoms with Gasteiger partial charge in [-0.3, -0.25) is 0 Å². The lowest BCUT2D eigenvalue weighted by Crippen LogP contribution is -2.32. The van der Waals surface area contributed by atoms with Gasteiger partial charge in [0.25, 0.3) is 0 Å². The van der Waals surface area contributed by atoms with Gasteiger partial charge in [0.15, 0.2) is 11.4 Å². The van der Waals surface area contributed by atoms with Crippen molar-refractivity contribution >= 4 is 6.09 Å². The Bertz CT molecular complexity index is 762. The van der Waals surface area contributed by atoms with Crippen LogP contribution in [-0.2, 0) is 17.9 Å². The van der Waals surface area contributed by atoms with Gasteiger partial charge in [0.05, 0.1) is 12.2 Å². The van der Waals surface area contributed by atoms with Crippen molar-refractivity contribution in [3.63, 3.8) is 0 Å². The van der Waals surface area contributed by atoms with Crippen molar-refractivity contribution in [1.82, 2.24) is 10.3 Å². The van der Waals surface area contributed by atoms with E-state index in [-0.39, 0.29) is 12.2 Å². The molecule has 0 saturated carbocycles. The lowest BCUT2D eigenvalue weighted by Gasteiger charge is -2.19. The van der Waals surface area contributed by atoms with Gasteiger partial charge in [-0.2, -0.15) is 5.26 Å². The zero-order chi connectivity index (χ0) is 18.3. The van der Waals surface area contributed by atoms with Crippen LogP contribution in [0.2, 0.25) is 0 Å². The first-order valence-electron chi connectivity index (χ1n) is 7.91. The Balaban J connectivity index is 1.97. The first-order valence-corrected chi connectivity index (χ1v) is 7.91. The number of ether oxygens (including phenoxy) is 2. The molecule has 0 bridgehead atoms. The van der Waals surface area contributed by atoms with Gasteiger partial charge in [-0.15, -0.1) is 0 Å². The van der Waals surface area contributed by atoms with E-state index in [2.05, 4.69) is 10.3 Å². The van der Waals surface area contributed by atoms with Crippen molar-refractivity contribution in [3.05, 3.63) is 59.4 Å². The fourth-order valence-corrected chi connectivity index (χ4v) is 1.99. The number of carbonyl (C=O) groups is 1. The van der Waals surface area contributed by atoms with Crippen LogP contribution in [0, 0.1) is 11.3 Å². The van der Waals surface area contributed by atoms with Crippen molar-refractivity contribution in [3.8, 4) is 11.8 Å². The van der Waals surface area contributed by atoms with E-state index in [0.29, 0.717) is 18.1 Å². The molecule has 2 aromatic rings. The van der Waals surface area contributed by atoms with E-state index in [4.69, 9.17) is 9.47 Å². The molecule has 25 heavy (non-hydrogen) atoms. The molecule has 0 aliphatic carbocycles. The molecule has 1 aromatic carbocycles. The second-order valence-corrected chi connectivity index (χ2v) is 6.39. The van der Waals surface area contributed by atoms with Crippen molar-refractivity contribution in [2.75, 3.05) is 0 Å². The number of benzene rings is 1. The summed E-state index contributed by atoms with van der Waals surface area (Å²) in [6, 6.07) is 15.1. The van der Waals surface area contributed by atoms with E-state index in [9.17, 15) is 10.1 Å². The maximum Gasteiger partial charge on any atom is 0.407 e. The third kappa shape index (κ3) is 6.15. The maximum atomic E-state index is 11.7. The summed E-state index contributed by atoms with van der Waals surface area (Å²) in [5, 5.41) is 11.9. The quantitative estimate of drug-likeness (QED) is 0.900. The van der Waals surface area contributed by atoms with Gasteiger partial charge in [-0.05, 0) is 38.5 Å². The molecule has 0 spiro atoms. The van der Waals surface area contributed by atoms with Crippen LogP contribution >= 0.6 is 0 Å². The van der Waals surface area contributed by atoms with Crippen LogP contribution in [0.15, 0.2) is 42.5 Å². The second-order valence-electron chi connectivity index (χ2n) is 6.39. The minimum Gasteiger partial charge on any atom is -0.486 e. The Morgan fingerprint density at radius 1 is 1.20 bits per heavy atom. The molecule has 1 N–H and O–H groups in total. The van der Waals surface area contributed by atoms with E-state index in [1.807, 2.05) is 36.4 Å². The summed E-state index contributed by atoms with van der Waals surface area (Å²) < 4.78 is 10.8.